The van der Waals surface area contributed by atoms with E-state index in [-0.39, 0.29) is 24.9 Å². The number of fused-ring (bicyclic) bond motifs is 4. The molecular formula is C27H25N3O3. The van der Waals surface area contributed by atoms with Gasteiger partial charge in [0.05, 0.1) is 12.1 Å². The number of H-pyrrole nitrogens is 1. The molecule has 6 rings (SSSR count). The second-order valence-corrected chi connectivity index (χ2v) is 8.60. The van der Waals surface area contributed by atoms with Gasteiger partial charge in [0.1, 0.15) is 0 Å². The molecule has 6 nitrogen and oxygen atoms in total. The van der Waals surface area contributed by atoms with Gasteiger partial charge in [-0.1, -0.05) is 54.6 Å². The van der Waals surface area contributed by atoms with Crippen LogP contribution in [0.4, 0.5) is 4.79 Å². The molecule has 6 heteroatoms. The molecule has 0 bridgehead atoms. The summed E-state index contributed by atoms with van der Waals surface area (Å²) in [7, 11) is 0. The number of para-hydroxylation sites is 1. The average molecular weight is 440 g/mol. The van der Waals surface area contributed by atoms with Crippen LogP contribution in [0.5, 0.6) is 11.5 Å². The van der Waals surface area contributed by atoms with Gasteiger partial charge in [-0.25, -0.2) is 4.79 Å². The van der Waals surface area contributed by atoms with E-state index in [1.54, 1.807) is 0 Å². The number of aromatic nitrogens is 1. The molecule has 166 valence electrons. The lowest BCUT2D eigenvalue weighted by Gasteiger charge is -2.37. The minimum atomic E-state index is -0.251. The minimum absolute atomic E-state index is 0.0849. The molecule has 2 N–H and O–H groups in total. The van der Waals surface area contributed by atoms with Gasteiger partial charge in [-0.05, 0) is 48.2 Å². The number of urea groups is 1. The summed E-state index contributed by atoms with van der Waals surface area (Å²) in [6.07, 6.45) is 0.799. The van der Waals surface area contributed by atoms with Gasteiger partial charge < -0.3 is 24.7 Å². The van der Waals surface area contributed by atoms with Gasteiger partial charge in [-0.15, -0.1) is 0 Å². The van der Waals surface area contributed by atoms with Crippen molar-refractivity contribution in [3.63, 3.8) is 0 Å². The molecule has 2 amide bonds. The number of ether oxygens (including phenoxy) is 2. The first-order valence-electron chi connectivity index (χ1n) is 11.3. The third kappa shape index (κ3) is 3.39. The van der Waals surface area contributed by atoms with Gasteiger partial charge in [0, 0.05) is 23.1 Å². The number of carbonyl (C=O) groups is 1. The molecule has 0 saturated heterocycles. The van der Waals surface area contributed by atoms with Crippen LogP contribution in [0.25, 0.3) is 10.9 Å². The smallest absolute Gasteiger partial charge is 0.318 e. The Bertz CT molecular complexity index is 1330. The summed E-state index contributed by atoms with van der Waals surface area (Å²) in [5.41, 5.74) is 5.49. The van der Waals surface area contributed by atoms with Crippen molar-refractivity contribution in [3.8, 4) is 11.5 Å². The van der Waals surface area contributed by atoms with Gasteiger partial charge >= 0.3 is 6.03 Å². The summed E-state index contributed by atoms with van der Waals surface area (Å²) in [5.74, 6) is 1.45. The number of rotatable bonds is 3. The normalized spacial score (nSPS) is 17.6. The molecule has 1 aromatic heterocycles. The second-order valence-electron chi connectivity index (χ2n) is 8.60. The number of hydrogen-bond donors (Lipinski definition) is 2. The van der Waals surface area contributed by atoms with Crippen LogP contribution in [-0.4, -0.2) is 29.3 Å². The number of aromatic amines is 1. The number of carbonyl (C=O) groups excluding carboxylic acids is 1. The SMILES string of the molecule is C[C@H](NC(=O)N1CCc2c([nH]c3ccccc23)[C@H]1c1ccc2c(c1)OCO2)c1ccccc1. The maximum atomic E-state index is 13.6. The molecule has 0 saturated carbocycles. The first-order valence-corrected chi connectivity index (χ1v) is 11.3. The highest BCUT2D eigenvalue weighted by Gasteiger charge is 2.35. The zero-order valence-corrected chi connectivity index (χ0v) is 18.4. The van der Waals surface area contributed by atoms with Crippen LogP contribution >= 0.6 is 0 Å². The van der Waals surface area contributed by atoms with Crippen LogP contribution in [0.1, 0.15) is 41.4 Å². The fourth-order valence-electron chi connectivity index (χ4n) is 4.98. The molecule has 2 aliphatic rings. The van der Waals surface area contributed by atoms with Crippen LogP contribution < -0.4 is 14.8 Å². The Morgan fingerprint density at radius 3 is 2.70 bits per heavy atom. The van der Waals surface area contributed by atoms with Gasteiger partial charge in [0.2, 0.25) is 6.79 Å². The molecule has 0 aliphatic carbocycles. The van der Waals surface area contributed by atoms with Crippen molar-refractivity contribution in [3.05, 3.63) is 95.2 Å². The summed E-state index contributed by atoms with van der Waals surface area (Å²) in [6, 6.07) is 23.9. The molecular weight excluding hydrogens is 414 g/mol. The first kappa shape index (κ1) is 19.7. The fourth-order valence-corrected chi connectivity index (χ4v) is 4.98. The van der Waals surface area contributed by atoms with Crippen molar-refractivity contribution in [2.45, 2.75) is 25.4 Å². The Kier molecular flexibility index (Phi) is 4.72. The minimum Gasteiger partial charge on any atom is -0.454 e. The molecule has 0 unspecified atom stereocenters. The van der Waals surface area contributed by atoms with Crippen molar-refractivity contribution in [1.29, 1.82) is 0 Å². The number of benzene rings is 3. The van der Waals surface area contributed by atoms with Gasteiger partial charge in [0.25, 0.3) is 0 Å². The molecule has 2 atom stereocenters. The lowest BCUT2D eigenvalue weighted by Crippen LogP contribution is -2.46. The maximum absolute atomic E-state index is 13.6. The van der Waals surface area contributed by atoms with E-state index in [0.717, 1.165) is 34.5 Å². The largest absolute Gasteiger partial charge is 0.454 e. The van der Waals surface area contributed by atoms with E-state index in [1.807, 2.05) is 66.4 Å². The number of hydrogen-bond acceptors (Lipinski definition) is 3. The van der Waals surface area contributed by atoms with Crippen LogP contribution in [0.3, 0.4) is 0 Å². The lowest BCUT2D eigenvalue weighted by molar-refractivity contribution is 0.172. The number of nitrogens with zero attached hydrogens (tertiary/aromatic N) is 1. The van der Waals surface area contributed by atoms with Crippen LogP contribution in [0, 0.1) is 0 Å². The molecule has 2 aliphatic heterocycles. The summed E-state index contributed by atoms with van der Waals surface area (Å²) in [5, 5.41) is 4.42. The van der Waals surface area contributed by atoms with E-state index in [1.165, 1.54) is 10.9 Å². The van der Waals surface area contributed by atoms with E-state index in [2.05, 4.69) is 28.5 Å². The Morgan fingerprint density at radius 1 is 1.03 bits per heavy atom. The van der Waals surface area contributed by atoms with Gasteiger partial charge in [0.15, 0.2) is 11.5 Å². The van der Waals surface area contributed by atoms with Crippen molar-refractivity contribution >= 4 is 16.9 Å². The molecule has 0 radical (unpaired) electrons. The molecule has 4 aromatic rings. The van der Waals surface area contributed by atoms with E-state index in [0.29, 0.717) is 12.3 Å². The van der Waals surface area contributed by atoms with E-state index < -0.39 is 0 Å². The highest BCUT2D eigenvalue weighted by molar-refractivity contribution is 5.86. The third-order valence-corrected chi connectivity index (χ3v) is 6.65. The summed E-state index contributed by atoms with van der Waals surface area (Å²) in [4.78, 5) is 19.1. The van der Waals surface area contributed by atoms with Crippen molar-refractivity contribution in [2.24, 2.45) is 0 Å². The first-order chi connectivity index (χ1) is 16.2. The predicted molar refractivity (Wildman–Crippen MR) is 127 cm³/mol. The highest BCUT2D eigenvalue weighted by atomic mass is 16.7. The zero-order chi connectivity index (χ0) is 22.4. The monoisotopic (exact) mass is 439 g/mol. The molecule has 3 aromatic carbocycles. The van der Waals surface area contributed by atoms with Crippen LogP contribution in [-0.2, 0) is 6.42 Å². The van der Waals surface area contributed by atoms with Crippen molar-refractivity contribution in [2.75, 3.05) is 13.3 Å². The van der Waals surface area contributed by atoms with Crippen molar-refractivity contribution < 1.29 is 14.3 Å². The lowest BCUT2D eigenvalue weighted by atomic mass is 9.92. The Labute approximate surface area is 192 Å². The second kappa shape index (κ2) is 7.89. The number of amides is 2. The van der Waals surface area contributed by atoms with E-state index in [4.69, 9.17) is 9.47 Å². The average Bonchev–Trinajstić information content (AvgIpc) is 3.47. The third-order valence-electron chi connectivity index (χ3n) is 6.65. The zero-order valence-electron chi connectivity index (χ0n) is 18.4. The van der Waals surface area contributed by atoms with Gasteiger partial charge in [-0.3, -0.25) is 0 Å². The topological polar surface area (TPSA) is 66.6 Å². The van der Waals surface area contributed by atoms with E-state index in [9.17, 15) is 4.79 Å². The standard InChI is InChI=1S/C27H25N3O3/c1-17(18-7-3-2-4-8-18)28-27(31)30-14-13-21-20-9-5-6-10-22(20)29-25(21)26(30)19-11-12-23-24(15-19)33-16-32-23/h2-12,15,17,26,29H,13-14,16H2,1H3,(H,28,31)/t17-,26+/m0/s1. The summed E-state index contributed by atoms with van der Waals surface area (Å²) in [6.45, 7) is 2.86. The maximum Gasteiger partial charge on any atom is 0.318 e. The fraction of sp³-hybridized carbons (Fsp3) is 0.222. The Balaban J connectivity index is 1.40. The quantitative estimate of drug-likeness (QED) is 0.454. The summed E-state index contributed by atoms with van der Waals surface area (Å²) < 4.78 is 11.2. The Hall–Kier alpha value is -3.93. The number of nitrogens with one attached hydrogen (secondary N) is 2. The molecule has 0 spiro atoms. The predicted octanol–water partition coefficient (Wildman–Crippen LogP) is 5.31. The van der Waals surface area contributed by atoms with Crippen molar-refractivity contribution in [1.82, 2.24) is 15.2 Å². The molecule has 3 heterocycles. The van der Waals surface area contributed by atoms with Crippen LogP contribution in [0.15, 0.2) is 72.8 Å². The highest BCUT2D eigenvalue weighted by Crippen LogP contribution is 2.42. The molecule has 33 heavy (non-hydrogen) atoms. The molecule has 0 fully saturated rings. The Morgan fingerprint density at radius 2 is 1.82 bits per heavy atom. The van der Waals surface area contributed by atoms with Gasteiger partial charge in [-0.2, -0.15) is 0 Å². The summed E-state index contributed by atoms with van der Waals surface area (Å²) >= 11 is 0. The van der Waals surface area contributed by atoms with Crippen LogP contribution in [0.2, 0.25) is 0 Å². The van der Waals surface area contributed by atoms with E-state index >= 15 is 0 Å².